The molecule has 1 fully saturated rings. The van der Waals surface area contributed by atoms with Gasteiger partial charge in [0.05, 0.1) is 42.7 Å². The maximum atomic E-state index is 14.2. The van der Waals surface area contributed by atoms with Crippen molar-refractivity contribution in [2.75, 3.05) is 41.9 Å². The number of ether oxygens (including phenoxy) is 2. The molecule has 0 aliphatic carbocycles. The van der Waals surface area contributed by atoms with Crippen LogP contribution in [0.4, 0.5) is 0 Å². The lowest BCUT2D eigenvalue weighted by molar-refractivity contribution is -0.148. The number of likely N-dealkylation sites (N-methyl/N-ethyl adjacent to an activating group) is 2. The van der Waals surface area contributed by atoms with E-state index in [9.17, 15) is 29.1 Å². The van der Waals surface area contributed by atoms with Gasteiger partial charge < -0.3 is 35.0 Å². The number of aliphatic carboxylic acids is 1. The molecule has 9 atom stereocenters. The van der Waals surface area contributed by atoms with Crippen LogP contribution in [0.1, 0.15) is 79.7 Å². The first kappa shape index (κ1) is 45.6. The molecule has 2 rings (SSSR count). The predicted molar refractivity (Wildman–Crippen MR) is 205 cm³/mol. The Morgan fingerprint density at radius 2 is 1.53 bits per heavy atom. The Kier molecular flexibility index (Phi) is 18.4. The van der Waals surface area contributed by atoms with E-state index in [0.717, 1.165) is 12.0 Å². The highest BCUT2D eigenvalue weighted by atomic mass is 16.5. The number of rotatable bonds is 21. The number of carbonyl (C=O) groups excluding carboxylic acids is 4. The van der Waals surface area contributed by atoms with Crippen molar-refractivity contribution in [3.8, 4) is 0 Å². The van der Waals surface area contributed by atoms with E-state index in [-0.39, 0.29) is 48.3 Å². The third-order valence-electron chi connectivity index (χ3n) is 10.8. The SMILES string of the molecule is CC[C@@H](C)[C@@H]([C@@H](CC(=O)N1CCC[C@H]1[C@H](OC)[C@@H](C)C(=O)N[C@@H](Cc1ccccc1)C(=O)O)OC)N(C)C(=O)[C@@H](NC(=O)[C@H](C(C)C)N(C)C)C(C)C. The minimum atomic E-state index is -1.14. The Labute approximate surface area is 317 Å². The molecule has 0 bridgehead atoms. The Morgan fingerprint density at radius 1 is 0.906 bits per heavy atom. The first-order chi connectivity index (χ1) is 24.9. The number of likely N-dealkylation sites (tertiary alicyclic amines) is 1. The first-order valence-corrected chi connectivity index (χ1v) is 19.1. The summed E-state index contributed by atoms with van der Waals surface area (Å²) in [5.74, 6) is -3.21. The zero-order valence-electron chi connectivity index (χ0n) is 34.1. The summed E-state index contributed by atoms with van der Waals surface area (Å²) in [6.45, 7) is 13.9. The highest BCUT2D eigenvalue weighted by Crippen LogP contribution is 2.30. The van der Waals surface area contributed by atoms with Crippen LogP contribution in [0, 0.1) is 23.7 Å². The van der Waals surface area contributed by atoms with E-state index in [4.69, 9.17) is 9.47 Å². The molecule has 1 aliphatic heterocycles. The van der Waals surface area contributed by atoms with Crippen molar-refractivity contribution >= 4 is 29.6 Å². The number of nitrogens with one attached hydrogen (secondary N) is 2. The largest absolute Gasteiger partial charge is 0.480 e. The van der Waals surface area contributed by atoms with Gasteiger partial charge in [0.1, 0.15) is 12.1 Å². The molecule has 0 spiro atoms. The van der Waals surface area contributed by atoms with E-state index in [1.165, 1.54) is 14.2 Å². The molecule has 0 saturated carbocycles. The molecule has 1 saturated heterocycles. The summed E-state index contributed by atoms with van der Waals surface area (Å²) in [6.07, 6.45) is 0.820. The first-order valence-electron chi connectivity index (χ1n) is 19.1. The molecule has 3 N–H and O–H groups in total. The lowest BCUT2D eigenvalue weighted by Gasteiger charge is -2.41. The second-order valence-electron chi connectivity index (χ2n) is 15.6. The Morgan fingerprint density at radius 3 is 2.02 bits per heavy atom. The number of amides is 4. The van der Waals surface area contributed by atoms with Crippen molar-refractivity contribution in [2.24, 2.45) is 23.7 Å². The lowest BCUT2D eigenvalue weighted by Crippen LogP contribution is -2.59. The zero-order valence-corrected chi connectivity index (χ0v) is 34.1. The molecule has 13 nitrogen and oxygen atoms in total. The number of hydrogen-bond acceptors (Lipinski definition) is 8. The van der Waals surface area contributed by atoms with Crippen LogP contribution < -0.4 is 10.6 Å². The van der Waals surface area contributed by atoms with Gasteiger partial charge in [0.15, 0.2) is 0 Å². The molecule has 0 radical (unpaired) electrons. The summed E-state index contributed by atoms with van der Waals surface area (Å²) in [4.78, 5) is 72.5. The van der Waals surface area contributed by atoms with Gasteiger partial charge in [-0.2, -0.15) is 0 Å². The Bertz CT molecular complexity index is 1330. The van der Waals surface area contributed by atoms with Gasteiger partial charge in [-0.25, -0.2) is 4.79 Å². The van der Waals surface area contributed by atoms with Crippen LogP contribution in [0.5, 0.6) is 0 Å². The van der Waals surface area contributed by atoms with E-state index in [2.05, 4.69) is 10.6 Å². The molecule has 53 heavy (non-hydrogen) atoms. The number of carbonyl (C=O) groups is 5. The average molecular weight is 746 g/mol. The summed E-state index contributed by atoms with van der Waals surface area (Å²) in [5, 5.41) is 15.6. The van der Waals surface area contributed by atoms with Crippen LogP contribution in [-0.2, 0) is 39.9 Å². The van der Waals surface area contributed by atoms with E-state index in [1.54, 1.807) is 23.8 Å². The van der Waals surface area contributed by atoms with Crippen LogP contribution in [-0.4, -0.2) is 134 Å². The number of hydrogen-bond donors (Lipinski definition) is 3. The molecule has 0 aromatic heterocycles. The number of carboxylic acids is 1. The molecule has 13 heteroatoms. The highest BCUT2D eigenvalue weighted by Gasteiger charge is 2.43. The number of carboxylic acid groups (broad SMARTS) is 1. The summed E-state index contributed by atoms with van der Waals surface area (Å²) in [6, 6.07) is 5.89. The van der Waals surface area contributed by atoms with Crippen LogP contribution in [0.25, 0.3) is 0 Å². The molecular formula is C40H67N5O8. The van der Waals surface area contributed by atoms with Gasteiger partial charge in [0.25, 0.3) is 0 Å². The molecule has 1 aromatic carbocycles. The fourth-order valence-electron chi connectivity index (χ4n) is 7.76. The van der Waals surface area contributed by atoms with E-state index in [1.807, 2.05) is 90.9 Å². The smallest absolute Gasteiger partial charge is 0.326 e. The van der Waals surface area contributed by atoms with Gasteiger partial charge in [-0.05, 0) is 50.3 Å². The maximum absolute atomic E-state index is 14.2. The van der Waals surface area contributed by atoms with E-state index < -0.39 is 60.2 Å². The topological polar surface area (TPSA) is 158 Å². The third kappa shape index (κ3) is 12.2. The van der Waals surface area contributed by atoms with Crippen LogP contribution in [0.2, 0.25) is 0 Å². The summed E-state index contributed by atoms with van der Waals surface area (Å²) < 4.78 is 11.9. The molecule has 1 aliphatic rings. The summed E-state index contributed by atoms with van der Waals surface area (Å²) in [5.41, 5.74) is 0.785. The monoisotopic (exact) mass is 745 g/mol. The van der Waals surface area contributed by atoms with Crippen molar-refractivity contribution in [3.05, 3.63) is 35.9 Å². The van der Waals surface area contributed by atoms with E-state index in [0.29, 0.717) is 19.4 Å². The number of nitrogens with zero attached hydrogens (tertiary/aromatic N) is 3. The average Bonchev–Trinajstić information content (AvgIpc) is 3.59. The summed E-state index contributed by atoms with van der Waals surface area (Å²) >= 11 is 0. The van der Waals surface area contributed by atoms with Crippen molar-refractivity contribution in [1.29, 1.82) is 0 Å². The van der Waals surface area contributed by atoms with Gasteiger partial charge in [0.2, 0.25) is 23.6 Å². The quantitative estimate of drug-likeness (QED) is 0.172. The standard InChI is InChI=1S/C40H67N5O8/c1-13-26(6)35(44(10)39(49)33(24(2)3)42-38(48)34(25(4)5)43(8)9)31(52-11)23-32(46)45-21-17-20-30(45)36(53-12)27(7)37(47)41-29(40(50)51)22-28-18-15-14-16-19-28/h14-16,18-19,24-27,29-31,33-36H,13,17,20-23H2,1-12H3,(H,41,47)(H,42,48)(H,50,51)/t26-,27-,29+,30+,31-,33+,34+,35+,36-/m1/s1. The van der Waals surface area contributed by atoms with Crippen molar-refractivity contribution in [2.45, 2.75) is 123 Å². The normalized spacial score (nSPS) is 19.2. The van der Waals surface area contributed by atoms with Crippen LogP contribution in [0.3, 0.4) is 0 Å². The predicted octanol–water partition coefficient (Wildman–Crippen LogP) is 3.45. The van der Waals surface area contributed by atoms with Gasteiger partial charge in [0, 0.05) is 34.2 Å². The molecule has 300 valence electrons. The second-order valence-corrected chi connectivity index (χ2v) is 15.6. The fourth-order valence-corrected chi connectivity index (χ4v) is 7.76. The van der Waals surface area contributed by atoms with Gasteiger partial charge >= 0.3 is 5.97 Å². The van der Waals surface area contributed by atoms with Crippen molar-refractivity contribution < 1.29 is 38.6 Å². The van der Waals surface area contributed by atoms with E-state index >= 15 is 0 Å². The van der Waals surface area contributed by atoms with Crippen LogP contribution in [0.15, 0.2) is 30.3 Å². The van der Waals surface area contributed by atoms with Gasteiger partial charge in [-0.1, -0.05) is 85.2 Å². The minimum Gasteiger partial charge on any atom is -0.480 e. The molecule has 1 heterocycles. The Hall–Kier alpha value is -3.55. The Balaban J connectivity index is 2.27. The fraction of sp³-hybridized carbons (Fsp3) is 0.725. The molecule has 0 unspecified atom stereocenters. The minimum absolute atomic E-state index is 0.0104. The molecular weight excluding hydrogens is 678 g/mol. The lowest BCUT2D eigenvalue weighted by atomic mass is 9.89. The van der Waals surface area contributed by atoms with Crippen LogP contribution >= 0.6 is 0 Å². The van der Waals surface area contributed by atoms with Gasteiger partial charge in [-0.3, -0.25) is 24.1 Å². The van der Waals surface area contributed by atoms with Gasteiger partial charge in [-0.15, -0.1) is 0 Å². The molecule has 4 amide bonds. The van der Waals surface area contributed by atoms with Crippen molar-refractivity contribution in [1.82, 2.24) is 25.3 Å². The second kappa shape index (κ2) is 21.4. The number of methoxy groups -OCH3 is 2. The van der Waals surface area contributed by atoms with Crippen molar-refractivity contribution in [3.63, 3.8) is 0 Å². The number of benzene rings is 1. The highest BCUT2D eigenvalue weighted by molar-refractivity contribution is 5.90. The zero-order chi connectivity index (χ0) is 40.2. The maximum Gasteiger partial charge on any atom is 0.326 e. The summed E-state index contributed by atoms with van der Waals surface area (Å²) in [7, 11) is 8.44. The third-order valence-corrected chi connectivity index (χ3v) is 10.8. The molecule has 1 aromatic rings.